The summed E-state index contributed by atoms with van der Waals surface area (Å²) < 4.78 is 10.4. The smallest absolute Gasteiger partial charge is 0.340 e. The number of halogens is 6. The maximum absolute atomic E-state index is 6.89. The molecule has 2 rings (SSSR count). The van der Waals surface area contributed by atoms with Gasteiger partial charge in [0.1, 0.15) is 9.75 Å². The second-order valence-electron chi connectivity index (χ2n) is 5.77. The quantitative estimate of drug-likeness (QED) is 0.381. The summed E-state index contributed by atoms with van der Waals surface area (Å²) >= 11 is 39.6. The largest absolute Gasteiger partial charge is 0.394 e. The van der Waals surface area contributed by atoms with Crippen LogP contribution in [0.3, 0.4) is 0 Å². The van der Waals surface area contributed by atoms with E-state index < -0.39 is 22.6 Å². The van der Waals surface area contributed by atoms with Crippen LogP contribution in [0.25, 0.3) is 0 Å². The van der Waals surface area contributed by atoms with Crippen molar-refractivity contribution in [3.05, 3.63) is 10.1 Å². The molecule has 0 aliphatic heterocycles. The Hall–Kier alpha value is 1.62. The van der Waals surface area contributed by atoms with Crippen molar-refractivity contribution in [2.75, 3.05) is 13.2 Å². The fourth-order valence-corrected chi connectivity index (χ4v) is 11.6. The molecule has 0 aromatic rings. The van der Waals surface area contributed by atoms with Gasteiger partial charge in [0.05, 0.1) is 10.1 Å². The van der Waals surface area contributed by atoms with E-state index in [0.29, 0.717) is 13.2 Å². The molecule has 1 saturated carbocycles. The summed E-state index contributed by atoms with van der Waals surface area (Å²) in [5.74, 6) is -0.258. The Balaban J connectivity index is 2.66. The monoisotopic (exact) mass is 444 g/mol. The van der Waals surface area contributed by atoms with Gasteiger partial charge in [0, 0.05) is 18.8 Å². The normalized spacial score (nSPS) is 40.6. The molecule has 4 atom stereocenters. The van der Waals surface area contributed by atoms with E-state index in [1.165, 1.54) is 0 Å². The zero-order valence-electron chi connectivity index (χ0n) is 12.7. The minimum absolute atomic E-state index is 0.192. The van der Waals surface area contributed by atoms with Crippen LogP contribution in [-0.2, 0) is 8.85 Å². The van der Waals surface area contributed by atoms with E-state index in [-0.39, 0.29) is 21.5 Å². The fourth-order valence-electron chi connectivity index (χ4n) is 3.86. The molecule has 1 fully saturated rings. The third-order valence-corrected chi connectivity index (χ3v) is 13.1. The van der Waals surface area contributed by atoms with E-state index in [1.807, 2.05) is 27.3 Å². The summed E-state index contributed by atoms with van der Waals surface area (Å²) in [6.45, 7) is 8.63. The van der Waals surface area contributed by atoms with Gasteiger partial charge in [-0.25, -0.2) is 0 Å². The molecule has 0 saturated heterocycles. The molecule has 0 aromatic carbocycles. The second kappa shape index (κ2) is 6.10. The van der Waals surface area contributed by atoms with Gasteiger partial charge in [-0.05, 0) is 26.3 Å². The fraction of sp³-hybridized carbons (Fsp3) is 0.846. The van der Waals surface area contributed by atoms with Crippen LogP contribution in [0.4, 0.5) is 0 Å². The predicted molar refractivity (Wildman–Crippen MR) is 98.1 cm³/mol. The van der Waals surface area contributed by atoms with Crippen molar-refractivity contribution in [1.82, 2.24) is 0 Å². The van der Waals surface area contributed by atoms with E-state index in [0.717, 1.165) is 0 Å². The first-order valence-electron chi connectivity index (χ1n) is 7.06. The Morgan fingerprint density at radius 2 is 1.36 bits per heavy atom. The lowest BCUT2D eigenvalue weighted by molar-refractivity contribution is 0.168. The number of fused-ring (bicyclic) bond motifs is 2. The minimum Gasteiger partial charge on any atom is -0.394 e. The van der Waals surface area contributed by atoms with Crippen LogP contribution < -0.4 is 0 Å². The van der Waals surface area contributed by atoms with Gasteiger partial charge in [-0.3, -0.25) is 0 Å². The third-order valence-electron chi connectivity index (χ3n) is 4.73. The van der Waals surface area contributed by atoms with Crippen molar-refractivity contribution in [2.45, 2.75) is 46.9 Å². The van der Waals surface area contributed by atoms with Crippen molar-refractivity contribution >= 4 is 78.2 Å². The molecule has 2 nitrogen and oxygen atoms in total. The first-order valence-corrected chi connectivity index (χ1v) is 11.7. The zero-order chi connectivity index (χ0) is 17.1. The molecule has 9 heteroatoms. The summed E-state index contributed by atoms with van der Waals surface area (Å²) in [4.78, 5) is -2.59. The van der Waals surface area contributed by atoms with E-state index in [4.69, 9.17) is 78.5 Å². The lowest BCUT2D eigenvalue weighted by Gasteiger charge is -2.43. The molecule has 0 spiro atoms. The Morgan fingerprint density at radius 3 is 1.73 bits per heavy atom. The summed E-state index contributed by atoms with van der Waals surface area (Å²) in [6.07, 6.45) is 0. The SMILES string of the molecule is CCO[Si](C)(OCC)C1C(C)C2(Cl)C(Cl)=C(Cl)C1(Cl)C2(Cl)Cl. The second-order valence-corrected chi connectivity index (χ2v) is 12.3. The van der Waals surface area contributed by atoms with Crippen LogP contribution >= 0.6 is 69.6 Å². The maximum Gasteiger partial charge on any atom is 0.340 e. The Labute approximate surface area is 162 Å². The van der Waals surface area contributed by atoms with Gasteiger partial charge in [-0.15, -0.1) is 23.2 Å². The highest BCUT2D eigenvalue weighted by Crippen LogP contribution is 2.79. The zero-order valence-corrected chi connectivity index (χ0v) is 18.2. The van der Waals surface area contributed by atoms with Crippen LogP contribution in [0, 0.1) is 5.92 Å². The van der Waals surface area contributed by atoms with E-state index >= 15 is 0 Å². The summed E-state index contributed by atoms with van der Waals surface area (Å²) in [7, 11) is -2.78. The lowest BCUT2D eigenvalue weighted by atomic mass is 9.93. The minimum atomic E-state index is -2.78. The van der Waals surface area contributed by atoms with Crippen molar-refractivity contribution in [1.29, 1.82) is 0 Å². The highest BCUT2D eigenvalue weighted by Gasteiger charge is 2.84. The number of allylic oxidation sites excluding steroid dienone is 2. The van der Waals surface area contributed by atoms with Gasteiger partial charge >= 0.3 is 8.56 Å². The highest BCUT2D eigenvalue weighted by molar-refractivity contribution is 6.74. The summed E-state index contributed by atoms with van der Waals surface area (Å²) in [6, 6.07) is 0. The summed E-state index contributed by atoms with van der Waals surface area (Å²) in [5, 5.41) is 0.404. The maximum atomic E-state index is 6.89. The molecule has 2 aliphatic carbocycles. The van der Waals surface area contributed by atoms with Crippen molar-refractivity contribution < 1.29 is 8.85 Å². The first kappa shape index (κ1) is 19.9. The van der Waals surface area contributed by atoms with Gasteiger partial charge < -0.3 is 8.85 Å². The lowest BCUT2D eigenvalue weighted by Crippen LogP contribution is -2.54. The molecular formula is C13H18Cl6O2Si. The number of hydrogen-bond acceptors (Lipinski definition) is 2. The topological polar surface area (TPSA) is 18.5 Å². The average Bonchev–Trinajstić information content (AvgIpc) is 2.60. The Morgan fingerprint density at radius 1 is 0.955 bits per heavy atom. The number of rotatable bonds is 5. The third kappa shape index (κ3) is 2.13. The van der Waals surface area contributed by atoms with Gasteiger partial charge in [0.25, 0.3) is 0 Å². The summed E-state index contributed by atoms with van der Waals surface area (Å²) in [5.41, 5.74) is -0.343. The highest BCUT2D eigenvalue weighted by atomic mass is 35.5. The predicted octanol–water partition coefficient (Wildman–Crippen LogP) is 5.98. The molecule has 22 heavy (non-hydrogen) atoms. The molecule has 0 heterocycles. The van der Waals surface area contributed by atoms with Crippen molar-refractivity contribution in [3.8, 4) is 0 Å². The molecule has 128 valence electrons. The van der Waals surface area contributed by atoms with E-state index in [1.54, 1.807) is 0 Å². The molecule has 2 aliphatic rings. The molecule has 0 radical (unpaired) electrons. The molecule has 0 N–H and O–H groups in total. The van der Waals surface area contributed by atoms with Crippen LogP contribution in [0.1, 0.15) is 20.8 Å². The van der Waals surface area contributed by atoms with Crippen LogP contribution in [-0.4, -0.2) is 35.9 Å². The number of alkyl halides is 4. The van der Waals surface area contributed by atoms with Crippen LogP contribution in [0.2, 0.25) is 12.1 Å². The van der Waals surface area contributed by atoms with Crippen molar-refractivity contribution in [2.24, 2.45) is 5.92 Å². The van der Waals surface area contributed by atoms with Crippen LogP contribution in [0.15, 0.2) is 10.1 Å². The van der Waals surface area contributed by atoms with E-state index in [2.05, 4.69) is 0 Å². The van der Waals surface area contributed by atoms with Crippen LogP contribution in [0.5, 0.6) is 0 Å². The molecule has 0 aromatic heterocycles. The Bertz CT molecular complexity index is 507. The van der Waals surface area contributed by atoms with Gasteiger partial charge in [0.2, 0.25) is 0 Å². The standard InChI is InChI=1S/C13H18Cl6O2Si/c1-5-20-22(4,21-6-2)10-7(3)11(16)8(14)9(15)12(10,17)13(11,18)19/h7,10H,5-6H2,1-4H3. The molecule has 2 bridgehead atoms. The van der Waals surface area contributed by atoms with Gasteiger partial charge in [-0.2, -0.15) is 0 Å². The van der Waals surface area contributed by atoms with Gasteiger partial charge in [0.15, 0.2) is 4.33 Å². The van der Waals surface area contributed by atoms with E-state index in [9.17, 15) is 0 Å². The average molecular weight is 447 g/mol. The Kier molecular flexibility index (Phi) is 5.53. The first-order chi connectivity index (χ1) is 9.96. The molecule has 4 unspecified atom stereocenters. The molecular weight excluding hydrogens is 429 g/mol. The molecule has 0 amide bonds. The van der Waals surface area contributed by atoms with Crippen molar-refractivity contribution in [3.63, 3.8) is 0 Å². The van der Waals surface area contributed by atoms with Gasteiger partial charge in [-0.1, -0.05) is 53.3 Å². The number of hydrogen-bond donors (Lipinski definition) is 0.